The Morgan fingerprint density at radius 1 is 1.41 bits per heavy atom. The summed E-state index contributed by atoms with van der Waals surface area (Å²) >= 11 is 1.67. The quantitative estimate of drug-likeness (QED) is 0.855. The molecule has 4 heteroatoms. The highest BCUT2D eigenvalue weighted by Gasteiger charge is 2.22. The van der Waals surface area contributed by atoms with Crippen molar-refractivity contribution in [3.8, 4) is 0 Å². The smallest absolute Gasteiger partial charge is 0.0967 e. The second-order valence-corrected chi connectivity index (χ2v) is 5.72. The van der Waals surface area contributed by atoms with Gasteiger partial charge in [-0.25, -0.2) is 4.98 Å². The van der Waals surface area contributed by atoms with Crippen LogP contribution in [-0.2, 0) is 6.42 Å². The molecule has 1 aromatic carbocycles. The van der Waals surface area contributed by atoms with Crippen LogP contribution in [0, 0.1) is 0 Å². The van der Waals surface area contributed by atoms with Crippen molar-refractivity contribution in [1.29, 1.82) is 0 Å². The van der Waals surface area contributed by atoms with Gasteiger partial charge in [0.15, 0.2) is 0 Å². The van der Waals surface area contributed by atoms with Gasteiger partial charge in [-0.2, -0.15) is 0 Å². The number of nitrogens with zero attached hydrogens (tertiary/aromatic N) is 1. The predicted octanol–water partition coefficient (Wildman–Crippen LogP) is 2.20. The average molecular weight is 250 g/mol. The summed E-state index contributed by atoms with van der Waals surface area (Å²) in [5.74, 6) is 0. The van der Waals surface area contributed by atoms with E-state index in [-0.39, 0.29) is 0 Å². The molecule has 0 aliphatic carbocycles. The van der Waals surface area contributed by atoms with E-state index in [1.54, 1.807) is 11.3 Å². The highest BCUT2D eigenvalue weighted by Crippen LogP contribution is 2.25. The summed E-state index contributed by atoms with van der Waals surface area (Å²) < 4.78 is 1.19. The molecule has 3 nitrogen and oxygen atoms in total. The number of aromatic nitrogens is 1. The van der Waals surface area contributed by atoms with Gasteiger partial charge >= 0.3 is 0 Å². The number of aliphatic hydroxyl groups is 1. The van der Waals surface area contributed by atoms with Crippen molar-refractivity contribution in [3.63, 3.8) is 0 Å². The predicted molar refractivity (Wildman–Crippen MR) is 72.5 cm³/mol. The maximum atomic E-state index is 10.3. The number of thiazole rings is 1. The second kappa shape index (κ2) is 5.12. The zero-order chi connectivity index (χ0) is 12.3. The molecule has 0 amide bonds. The van der Waals surface area contributed by atoms with E-state index in [9.17, 15) is 5.11 Å². The molecule has 2 aromatic rings. The van der Waals surface area contributed by atoms with Gasteiger partial charge in [-0.05, 0) is 39.1 Å². The summed E-state index contributed by atoms with van der Waals surface area (Å²) in [5.41, 5.74) is 0.341. The zero-order valence-electron chi connectivity index (χ0n) is 10.2. The third-order valence-electron chi connectivity index (χ3n) is 2.78. The van der Waals surface area contributed by atoms with Gasteiger partial charge in [-0.15, -0.1) is 11.3 Å². The lowest BCUT2D eigenvalue weighted by Crippen LogP contribution is -2.31. The maximum Gasteiger partial charge on any atom is 0.0967 e. The Bertz CT molecular complexity index is 460. The van der Waals surface area contributed by atoms with E-state index in [2.05, 4.69) is 16.4 Å². The summed E-state index contributed by atoms with van der Waals surface area (Å²) in [5, 5.41) is 14.3. The molecular formula is C13H18N2OS. The fourth-order valence-corrected chi connectivity index (χ4v) is 2.95. The molecular weight excluding hydrogens is 232 g/mol. The van der Waals surface area contributed by atoms with Crippen molar-refractivity contribution in [2.24, 2.45) is 0 Å². The first-order valence-electron chi connectivity index (χ1n) is 5.82. The molecule has 0 saturated carbocycles. The van der Waals surface area contributed by atoms with Crippen LogP contribution in [0.15, 0.2) is 24.3 Å². The first-order chi connectivity index (χ1) is 8.11. The largest absolute Gasteiger partial charge is 0.390 e. The molecule has 0 saturated heterocycles. The van der Waals surface area contributed by atoms with E-state index in [1.165, 1.54) is 4.70 Å². The molecule has 0 radical (unpaired) electrons. The van der Waals surface area contributed by atoms with E-state index in [4.69, 9.17) is 0 Å². The molecule has 0 aliphatic heterocycles. The molecule has 0 spiro atoms. The van der Waals surface area contributed by atoms with Crippen molar-refractivity contribution >= 4 is 21.6 Å². The maximum absolute atomic E-state index is 10.3. The van der Waals surface area contributed by atoms with Crippen molar-refractivity contribution in [2.75, 3.05) is 13.6 Å². The molecule has 2 N–H and O–H groups in total. The van der Waals surface area contributed by atoms with Crippen LogP contribution in [0.3, 0.4) is 0 Å². The third-order valence-corrected chi connectivity index (χ3v) is 3.82. The van der Waals surface area contributed by atoms with Crippen LogP contribution in [0.2, 0.25) is 0 Å². The van der Waals surface area contributed by atoms with E-state index in [1.807, 2.05) is 32.2 Å². The van der Waals surface area contributed by atoms with Gasteiger partial charge in [0.2, 0.25) is 0 Å². The Hall–Kier alpha value is -0.970. The van der Waals surface area contributed by atoms with Gasteiger partial charge in [0.05, 0.1) is 20.8 Å². The highest BCUT2D eigenvalue weighted by atomic mass is 32.1. The topological polar surface area (TPSA) is 45.1 Å². The SMILES string of the molecule is CNCCC(C)(O)Cc1nc2ccccc2s1. The number of hydrogen-bond acceptors (Lipinski definition) is 4. The third kappa shape index (κ3) is 3.25. The van der Waals surface area contributed by atoms with E-state index < -0.39 is 5.60 Å². The second-order valence-electron chi connectivity index (χ2n) is 4.60. The van der Waals surface area contributed by atoms with Crippen LogP contribution >= 0.6 is 11.3 Å². The van der Waals surface area contributed by atoms with Crippen molar-refractivity contribution in [2.45, 2.75) is 25.4 Å². The van der Waals surface area contributed by atoms with Gasteiger partial charge in [0.25, 0.3) is 0 Å². The first kappa shape index (κ1) is 12.5. The van der Waals surface area contributed by atoms with Crippen LogP contribution in [0.4, 0.5) is 0 Å². The number of hydrogen-bond donors (Lipinski definition) is 2. The summed E-state index contributed by atoms with van der Waals surface area (Å²) in [6.45, 7) is 2.69. The fourth-order valence-electron chi connectivity index (χ4n) is 1.80. The molecule has 1 aromatic heterocycles. The van der Waals surface area contributed by atoms with Gasteiger partial charge in [0.1, 0.15) is 0 Å². The summed E-state index contributed by atoms with van der Waals surface area (Å²) in [6, 6.07) is 8.09. The van der Waals surface area contributed by atoms with Gasteiger partial charge in [-0.1, -0.05) is 12.1 Å². The Balaban J connectivity index is 2.12. The average Bonchev–Trinajstić information content (AvgIpc) is 2.67. The minimum Gasteiger partial charge on any atom is -0.390 e. The Kier molecular flexibility index (Phi) is 3.76. The molecule has 17 heavy (non-hydrogen) atoms. The molecule has 2 rings (SSSR count). The Morgan fingerprint density at radius 3 is 2.88 bits per heavy atom. The zero-order valence-corrected chi connectivity index (χ0v) is 11.0. The molecule has 1 unspecified atom stereocenters. The fraction of sp³-hybridized carbons (Fsp3) is 0.462. The summed E-state index contributed by atoms with van der Waals surface area (Å²) in [4.78, 5) is 4.54. The summed E-state index contributed by atoms with van der Waals surface area (Å²) in [7, 11) is 1.90. The Labute approximate surface area is 106 Å². The molecule has 92 valence electrons. The van der Waals surface area contributed by atoms with Gasteiger partial charge in [0, 0.05) is 6.42 Å². The summed E-state index contributed by atoms with van der Waals surface area (Å²) in [6.07, 6.45) is 1.35. The molecule has 0 bridgehead atoms. The standard InChI is InChI=1S/C13H18N2OS/c1-13(16,7-8-14-2)9-12-15-10-5-3-4-6-11(10)17-12/h3-6,14,16H,7-9H2,1-2H3. The van der Waals surface area contributed by atoms with E-state index in [0.717, 1.165) is 23.5 Å². The van der Waals surface area contributed by atoms with E-state index in [0.29, 0.717) is 6.42 Å². The first-order valence-corrected chi connectivity index (χ1v) is 6.64. The Morgan fingerprint density at radius 2 is 2.18 bits per heavy atom. The lowest BCUT2D eigenvalue weighted by molar-refractivity contribution is 0.0520. The van der Waals surface area contributed by atoms with Crippen LogP contribution in [-0.4, -0.2) is 29.3 Å². The van der Waals surface area contributed by atoms with Crippen molar-refractivity contribution < 1.29 is 5.11 Å². The number of para-hydroxylation sites is 1. The molecule has 0 fully saturated rings. The number of benzene rings is 1. The van der Waals surface area contributed by atoms with Crippen LogP contribution in [0.1, 0.15) is 18.4 Å². The van der Waals surface area contributed by atoms with Crippen LogP contribution in [0.25, 0.3) is 10.2 Å². The van der Waals surface area contributed by atoms with Gasteiger partial charge in [-0.3, -0.25) is 0 Å². The van der Waals surface area contributed by atoms with Gasteiger partial charge < -0.3 is 10.4 Å². The minimum atomic E-state index is -0.684. The monoisotopic (exact) mass is 250 g/mol. The van der Waals surface area contributed by atoms with E-state index >= 15 is 0 Å². The van der Waals surface area contributed by atoms with Crippen molar-refractivity contribution in [1.82, 2.24) is 10.3 Å². The highest BCUT2D eigenvalue weighted by molar-refractivity contribution is 7.18. The van der Waals surface area contributed by atoms with Crippen LogP contribution in [0.5, 0.6) is 0 Å². The molecule has 1 heterocycles. The number of nitrogens with one attached hydrogen (secondary N) is 1. The van der Waals surface area contributed by atoms with Crippen molar-refractivity contribution in [3.05, 3.63) is 29.3 Å². The molecule has 1 atom stereocenters. The lowest BCUT2D eigenvalue weighted by atomic mass is 9.99. The minimum absolute atomic E-state index is 0.619. The number of rotatable bonds is 5. The number of fused-ring (bicyclic) bond motifs is 1. The van der Waals surface area contributed by atoms with Crippen LogP contribution < -0.4 is 5.32 Å². The molecule has 0 aliphatic rings. The normalized spacial score (nSPS) is 15.0. The lowest BCUT2D eigenvalue weighted by Gasteiger charge is -2.21.